The molecule has 3 rings (SSSR count). The van der Waals surface area contributed by atoms with E-state index < -0.39 is 11.7 Å². The van der Waals surface area contributed by atoms with Crippen LogP contribution in [-0.2, 0) is 11.0 Å². The number of aromatic nitrogens is 3. The molecule has 2 heterocycles. The molecule has 0 aliphatic heterocycles. The molecule has 0 radical (unpaired) electrons. The highest BCUT2D eigenvalue weighted by Crippen LogP contribution is 2.32. The van der Waals surface area contributed by atoms with Crippen LogP contribution < -0.4 is 5.32 Å². The van der Waals surface area contributed by atoms with Gasteiger partial charge in [0, 0.05) is 12.6 Å². The van der Waals surface area contributed by atoms with Crippen LogP contribution in [0.4, 0.5) is 13.2 Å². The third kappa shape index (κ3) is 4.75. The van der Waals surface area contributed by atoms with E-state index in [0.29, 0.717) is 17.0 Å². The van der Waals surface area contributed by atoms with Crippen molar-refractivity contribution in [3.63, 3.8) is 0 Å². The number of hydrogen-bond donors (Lipinski definition) is 1. The highest BCUT2D eigenvalue weighted by molar-refractivity contribution is 5.77. The summed E-state index contributed by atoms with van der Waals surface area (Å²) in [6.45, 7) is 5.67. The minimum absolute atomic E-state index is 0.0513. The van der Waals surface area contributed by atoms with Crippen LogP contribution in [-0.4, -0.2) is 20.5 Å². The Morgan fingerprint density at radius 2 is 1.86 bits per heavy atom. The van der Waals surface area contributed by atoms with Crippen LogP contribution in [0, 0.1) is 5.92 Å². The fraction of sp³-hybridized carbons (Fsp3) is 0.381. The largest absolute Gasteiger partial charge is 0.416 e. The highest BCUT2D eigenvalue weighted by Gasteiger charge is 2.31. The van der Waals surface area contributed by atoms with E-state index in [2.05, 4.69) is 15.5 Å². The molecule has 0 aliphatic carbocycles. The van der Waals surface area contributed by atoms with Crippen molar-refractivity contribution in [1.82, 2.24) is 19.9 Å². The first kappa shape index (κ1) is 20.8. The molecule has 1 N–H and O–H groups in total. The molecule has 2 atom stereocenters. The van der Waals surface area contributed by atoms with Crippen molar-refractivity contribution in [2.45, 2.75) is 45.3 Å². The number of carbonyl (C=O) groups is 1. The van der Waals surface area contributed by atoms with Gasteiger partial charge >= 0.3 is 6.18 Å². The summed E-state index contributed by atoms with van der Waals surface area (Å²) in [5.74, 6) is 0.0626. The van der Waals surface area contributed by atoms with Crippen molar-refractivity contribution in [2.75, 3.05) is 0 Å². The van der Waals surface area contributed by atoms with Gasteiger partial charge in [0.25, 0.3) is 0 Å². The Morgan fingerprint density at radius 1 is 1.10 bits per heavy atom. The summed E-state index contributed by atoms with van der Waals surface area (Å²) >= 11 is 0. The Hall–Kier alpha value is -2.90. The van der Waals surface area contributed by atoms with Gasteiger partial charge in [0.15, 0.2) is 11.5 Å². The molecule has 154 valence electrons. The molecule has 0 bridgehead atoms. The summed E-state index contributed by atoms with van der Waals surface area (Å²) < 4.78 is 40.7. The van der Waals surface area contributed by atoms with E-state index in [1.807, 2.05) is 42.6 Å². The van der Waals surface area contributed by atoms with Crippen molar-refractivity contribution in [2.24, 2.45) is 5.92 Å². The number of halogens is 3. The first-order valence-corrected chi connectivity index (χ1v) is 9.43. The third-order valence-corrected chi connectivity index (χ3v) is 4.88. The topological polar surface area (TPSA) is 59.3 Å². The van der Waals surface area contributed by atoms with E-state index >= 15 is 0 Å². The molecule has 29 heavy (non-hydrogen) atoms. The molecule has 8 heteroatoms. The average molecular weight is 404 g/mol. The Kier molecular flexibility index (Phi) is 5.91. The first-order chi connectivity index (χ1) is 13.7. The number of amides is 1. The molecule has 0 unspecified atom stereocenters. The monoisotopic (exact) mass is 404 g/mol. The molecular weight excluding hydrogens is 381 g/mol. The van der Waals surface area contributed by atoms with Crippen LogP contribution >= 0.6 is 0 Å². The molecule has 0 saturated carbocycles. The number of benzene rings is 1. The van der Waals surface area contributed by atoms with E-state index in [1.54, 1.807) is 13.0 Å². The molecule has 1 amide bonds. The van der Waals surface area contributed by atoms with Gasteiger partial charge in [-0.1, -0.05) is 45.0 Å². The Bertz CT molecular complexity index is 997. The van der Waals surface area contributed by atoms with Gasteiger partial charge in [0.2, 0.25) is 5.91 Å². The molecule has 1 aromatic carbocycles. The van der Waals surface area contributed by atoms with E-state index in [-0.39, 0.29) is 30.2 Å². The zero-order chi connectivity index (χ0) is 21.2. The number of nitrogens with zero attached hydrogens (tertiary/aromatic N) is 3. The average Bonchev–Trinajstić information content (AvgIpc) is 3.09. The second-order valence-corrected chi connectivity index (χ2v) is 7.50. The van der Waals surface area contributed by atoms with E-state index in [0.717, 1.165) is 12.1 Å². The maximum Gasteiger partial charge on any atom is 0.416 e. The Balaban J connectivity index is 1.74. The smallest absolute Gasteiger partial charge is 0.346 e. The minimum atomic E-state index is -4.41. The first-order valence-electron chi connectivity index (χ1n) is 9.43. The van der Waals surface area contributed by atoms with Crippen molar-refractivity contribution in [3.05, 3.63) is 65.6 Å². The molecule has 0 fully saturated rings. The number of carbonyl (C=O) groups excluding carboxylic acids is 1. The summed E-state index contributed by atoms with van der Waals surface area (Å²) in [6.07, 6.45) is -2.51. The lowest BCUT2D eigenvalue weighted by atomic mass is 9.95. The van der Waals surface area contributed by atoms with Crippen molar-refractivity contribution < 1.29 is 18.0 Å². The van der Waals surface area contributed by atoms with E-state index in [9.17, 15) is 18.0 Å². The Morgan fingerprint density at radius 3 is 2.55 bits per heavy atom. The lowest BCUT2D eigenvalue weighted by Crippen LogP contribution is -2.33. The van der Waals surface area contributed by atoms with Gasteiger partial charge in [-0.05, 0) is 35.6 Å². The SMILES string of the molecule is CC(C)[C@H](NC(=O)C[C@H](C)c1cccc(C(F)(F)F)c1)c1nnc2ccccn12. The molecule has 2 aromatic heterocycles. The number of rotatable bonds is 6. The van der Waals surface area contributed by atoms with Gasteiger partial charge in [0.05, 0.1) is 11.6 Å². The zero-order valence-electron chi connectivity index (χ0n) is 16.4. The lowest BCUT2D eigenvalue weighted by molar-refractivity contribution is -0.137. The van der Waals surface area contributed by atoms with Crippen LogP contribution in [0.5, 0.6) is 0 Å². The van der Waals surface area contributed by atoms with Gasteiger partial charge in [-0.25, -0.2) is 0 Å². The van der Waals surface area contributed by atoms with Crippen molar-refractivity contribution in [1.29, 1.82) is 0 Å². The predicted molar refractivity (Wildman–Crippen MR) is 103 cm³/mol. The van der Waals surface area contributed by atoms with Crippen LogP contribution in [0.15, 0.2) is 48.7 Å². The number of alkyl halides is 3. The minimum Gasteiger partial charge on any atom is -0.346 e. The Labute approximate surface area is 167 Å². The lowest BCUT2D eigenvalue weighted by Gasteiger charge is -2.22. The summed E-state index contributed by atoms with van der Waals surface area (Å²) in [5, 5.41) is 11.3. The number of pyridine rings is 1. The van der Waals surface area contributed by atoms with E-state index in [1.165, 1.54) is 6.07 Å². The maximum absolute atomic E-state index is 12.9. The number of nitrogens with one attached hydrogen (secondary N) is 1. The molecule has 0 aliphatic rings. The van der Waals surface area contributed by atoms with Gasteiger partial charge in [-0.2, -0.15) is 13.2 Å². The summed E-state index contributed by atoms with van der Waals surface area (Å²) in [6, 6.07) is 10.3. The zero-order valence-corrected chi connectivity index (χ0v) is 16.4. The van der Waals surface area contributed by atoms with Crippen molar-refractivity contribution >= 4 is 11.6 Å². The van der Waals surface area contributed by atoms with Gasteiger partial charge in [-0.15, -0.1) is 10.2 Å². The second-order valence-electron chi connectivity index (χ2n) is 7.50. The molecular formula is C21H23F3N4O. The maximum atomic E-state index is 12.9. The molecule has 0 spiro atoms. The summed E-state index contributed by atoms with van der Waals surface area (Å²) in [5.41, 5.74) is 0.445. The standard InChI is InChI=1S/C21H23F3N4O/c1-13(2)19(20-27-26-17-9-4-5-10-28(17)20)25-18(29)11-14(3)15-7-6-8-16(12-15)21(22,23)24/h4-10,12-14,19H,11H2,1-3H3,(H,25,29)/t14-,19-/m0/s1. The summed E-state index contributed by atoms with van der Waals surface area (Å²) in [7, 11) is 0. The third-order valence-electron chi connectivity index (χ3n) is 4.88. The fourth-order valence-electron chi connectivity index (χ4n) is 3.25. The van der Waals surface area contributed by atoms with Gasteiger partial charge < -0.3 is 5.32 Å². The molecule has 0 saturated heterocycles. The molecule has 5 nitrogen and oxygen atoms in total. The van der Waals surface area contributed by atoms with Crippen LogP contribution in [0.1, 0.15) is 56.1 Å². The fourth-order valence-corrected chi connectivity index (χ4v) is 3.25. The van der Waals surface area contributed by atoms with Crippen LogP contribution in [0.25, 0.3) is 5.65 Å². The highest BCUT2D eigenvalue weighted by atomic mass is 19.4. The number of hydrogen-bond acceptors (Lipinski definition) is 3. The van der Waals surface area contributed by atoms with E-state index in [4.69, 9.17) is 0 Å². The normalized spacial score (nSPS) is 14.2. The van der Waals surface area contributed by atoms with Crippen LogP contribution in [0.3, 0.4) is 0 Å². The van der Waals surface area contributed by atoms with Crippen molar-refractivity contribution in [3.8, 4) is 0 Å². The number of fused-ring (bicyclic) bond motifs is 1. The predicted octanol–water partition coefficient (Wildman–Crippen LogP) is 4.76. The van der Waals surface area contributed by atoms with Crippen LogP contribution in [0.2, 0.25) is 0 Å². The van der Waals surface area contributed by atoms with Gasteiger partial charge in [0.1, 0.15) is 0 Å². The second kappa shape index (κ2) is 8.23. The van der Waals surface area contributed by atoms with Gasteiger partial charge in [-0.3, -0.25) is 9.20 Å². The summed E-state index contributed by atoms with van der Waals surface area (Å²) in [4.78, 5) is 12.7. The quantitative estimate of drug-likeness (QED) is 0.645. The molecule has 3 aromatic rings.